The summed E-state index contributed by atoms with van der Waals surface area (Å²) in [6.07, 6.45) is 3.50. The minimum Gasteiger partial charge on any atom is -0.354 e. The first-order valence-electron chi connectivity index (χ1n) is 6.66. The summed E-state index contributed by atoms with van der Waals surface area (Å²) in [5.74, 6) is 0.0409. The monoisotopic (exact) mass is 250 g/mol. The highest BCUT2D eigenvalue weighted by Gasteiger charge is 2.14. The Labute approximate surface area is 108 Å². The topological polar surface area (TPSA) is 59.0 Å². The van der Waals surface area contributed by atoms with Gasteiger partial charge in [0.2, 0.25) is 5.91 Å². The van der Waals surface area contributed by atoms with E-state index >= 15 is 0 Å². The summed E-state index contributed by atoms with van der Waals surface area (Å²) < 4.78 is 1.75. The largest absolute Gasteiger partial charge is 0.354 e. The van der Waals surface area contributed by atoms with Crippen LogP contribution in [0.25, 0.3) is 0 Å². The van der Waals surface area contributed by atoms with Crippen LogP contribution in [0.4, 0.5) is 0 Å². The lowest BCUT2D eigenvalue weighted by molar-refractivity contribution is -0.121. The summed E-state index contributed by atoms with van der Waals surface area (Å²) in [5.41, 5.74) is 1.98. The van der Waals surface area contributed by atoms with Crippen LogP contribution in [0.3, 0.4) is 0 Å². The number of hydrogen-bond donors (Lipinski definition) is 2. The van der Waals surface area contributed by atoms with Crippen molar-refractivity contribution in [2.45, 2.75) is 45.7 Å². The van der Waals surface area contributed by atoms with Gasteiger partial charge in [-0.2, -0.15) is 5.10 Å². The van der Waals surface area contributed by atoms with E-state index in [2.05, 4.69) is 15.7 Å². The van der Waals surface area contributed by atoms with Gasteiger partial charge in [0.25, 0.3) is 0 Å². The van der Waals surface area contributed by atoms with Crippen LogP contribution in [-0.2, 0) is 11.3 Å². The van der Waals surface area contributed by atoms with Gasteiger partial charge in [0, 0.05) is 18.3 Å². The minimum absolute atomic E-state index is 0.0409. The van der Waals surface area contributed by atoms with E-state index in [1.807, 2.05) is 19.9 Å². The lowest BCUT2D eigenvalue weighted by Crippen LogP contribution is -2.33. The molecule has 0 radical (unpaired) electrons. The third-order valence-corrected chi connectivity index (χ3v) is 3.37. The van der Waals surface area contributed by atoms with Crippen LogP contribution in [-0.4, -0.2) is 34.8 Å². The maximum atomic E-state index is 11.8. The normalized spacial score (nSPS) is 19.1. The van der Waals surface area contributed by atoms with Crippen molar-refractivity contribution in [2.24, 2.45) is 0 Å². The van der Waals surface area contributed by atoms with Gasteiger partial charge in [-0.3, -0.25) is 9.48 Å². The van der Waals surface area contributed by atoms with Crippen LogP contribution in [0.1, 0.15) is 30.7 Å². The third-order valence-electron chi connectivity index (χ3n) is 3.37. The third kappa shape index (κ3) is 3.57. The zero-order chi connectivity index (χ0) is 13.0. The van der Waals surface area contributed by atoms with Crippen molar-refractivity contribution in [2.75, 3.05) is 13.1 Å². The molecule has 2 N–H and O–H groups in total. The number of carbonyl (C=O) groups is 1. The van der Waals surface area contributed by atoms with E-state index in [1.54, 1.807) is 4.68 Å². The number of aryl methyl sites for hydroxylation is 2. The summed E-state index contributed by atoms with van der Waals surface area (Å²) in [5, 5.41) is 10.7. The molecule has 0 spiro atoms. The molecule has 1 fully saturated rings. The van der Waals surface area contributed by atoms with Gasteiger partial charge < -0.3 is 10.6 Å². The molecule has 0 aliphatic carbocycles. The summed E-state index contributed by atoms with van der Waals surface area (Å²) in [6, 6.07) is 2.56. The van der Waals surface area contributed by atoms with Crippen molar-refractivity contribution in [1.82, 2.24) is 20.4 Å². The number of aromatic nitrogens is 2. The van der Waals surface area contributed by atoms with Gasteiger partial charge in [0.15, 0.2) is 0 Å². The molecule has 1 aromatic heterocycles. The summed E-state index contributed by atoms with van der Waals surface area (Å²) in [6.45, 7) is 6.08. The molecule has 18 heavy (non-hydrogen) atoms. The Morgan fingerprint density at radius 2 is 2.44 bits per heavy atom. The van der Waals surface area contributed by atoms with Crippen LogP contribution in [0.5, 0.6) is 0 Å². The predicted octanol–water partition coefficient (Wildman–Crippen LogP) is 0.758. The predicted molar refractivity (Wildman–Crippen MR) is 70.4 cm³/mol. The standard InChI is InChI=1S/C13H22N4O/c1-10-8-11(2)17(16-10)9-13(18)15-7-5-12-4-3-6-14-12/h8,12,14H,3-7,9H2,1-2H3,(H,15,18). The average molecular weight is 250 g/mol. The summed E-state index contributed by atoms with van der Waals surface area (Å²) in [7, 11) is 0. The Bertz CT molecular complexity index is 407. The Hall–Kier alpha value is -1.36. The molecule has 2 heterocycles. The lowest BCUT2D eigenvalue weighted by atomic mass is 10.1. The number of rotatable bonds is 5. The van der Waals surface area contributed by atoms with Gasteiger partial charge in [-0.1, -0.05) is 0 Å². The van der Waals surface area contributed by atoms with Crippen LogP contribution < -0.4 is 10.6 Å². The molecule has 1 atom stereocenters. The first kappa shape index (κ1) is 13.1. The fraction of sp³-hybridized carbons (Fsp3) is 0.692. The Morgan fingerprint density at radius 1 is 1.61 bits per heavy atom. The quantitative estimate of drug-likeness (QED) is 0.811. The molecule has 1 saturated heterocycles. The zero-order valence-electron chi connectivity index (χ0n) is 11.2. The van der Waals surface area contributed by atoms with E-state index < -0.39 is 0 Å². The smallest absolute Gasteiger partial charge is 0.241 e. The molecule has 1 aliphatic heterocycles. The van der Waals surface area contributed by atoms with Crippen LogP contribution in [0, 0.1) is 13.8 Å². The van der Waals surface area contributed by atoms with Crippen LogP contribution in [0.15, 0.2) is 6.07 Å². The highest BCUT2D eigenvalue weighted by molar-refractivity contribution is 5.75. The molecular weight excluding hydrogens is 228 g/mol. The molecule has 1 aromatic rings. The SMILES string of the molecule is Cc1cc(C)n(CC(=O)NCCC2CCCN2)n1. The Kier molecular flexibility index (Phi) is 4.36. The molecule has 0 bridgehead atoms. The van der Waals surface area contributed by atoms with E-state index in [-0.39, 0.29) is 5.91 Å². The van der Waals surface area contributed by atoms with E-state index in [1.165, 1.54) is 12.8 Å². The van der Waals surface area contributed by atoms with Gasteiger partial charge in [0.05, 0.1) is 5.69 Å². The van der Waals surface area contributed by atoms with E-state index in [4.69, 9.17) is 0 Å². The van der Waals surface area contributed by atoms with Crippen molar-refractivity contribution in [3.05, 3.63) is 17.5 Å². The van der Waals surface area contributed by atoms with Crippen molar-refractivity contribution < 1.29 is 4.79 Å². The number of nitrogens with one attached hydrogen (secondary N) is 2. The molecular formula is C13H22N4O. The van der Waals surface area contributed by atoms with Gasteiger partial charge >= 0.3 is 0 Å². The molecule has 1 unspecified atom stereocenters. The van der Waals surface area contributed by atoms with Gasteiger partial charge in [0.1, 0.15) is 6.54 Å². The Balaban J connectivity index is 1.70. The number of amides is 1. The average Bonchev–Trinajstić information content (AvgIpc) is 2.90. The second-order valence-electron chi connectivity index (χ2n) is 5.02. The second kappa shape index (κ2) is 6.00. The van der Waals surface area contributed by atoms with Crippen molar-refractivity contribution >= 4 is 5.91 Å². The van der Waals surface area contributed by atoms with Crippen molar-refractivity contribution in [1.29, 1.82) is 0 Å². The fourth-order valence-electron chi connectivity index (χ4n) is 2.42. The van der Waals surface area contributed by atoms with Crippen LogP contribution >= 0.6 is 0 Å². The minimum atomic E-state index is 0.0409. The van der Waals surface area contributed by atoms with E-state index in [0.717, 1.165) is 30.9 Å². The number of hydrogen-bond acceptors (Lipinski definition) is 3. The molecule has 1 amide bonds. The molecule has 2 rings (SSSR count). The van der Waals surface area contributed by atoms with E-state index in [0.29, 0.717) is 12.6 Å². The maximum Gasteiger partial charge on any atom is 0.241 e. The summed E-state index contributed by atoms with van der Waals surface area (Å²) >= 11 is 0. The van der Waals surface area contributed by atoms with E-state index in [9.17, 15) is 4.79 Å². The van der Waals surface area contributed by atoms with Gasteiger partial charge in [-0.15, -0.1) is 0 Å². The van der Waals surface area contributed by atoms with Crippen molar-refractivity contribution in [3.63, 3.8) is 0 Å². The molecule has 1 aliphatic rings. The first-order chi connectivity index (χ1) is 8.65. The number of carbonyl (C=O) groups excluding carboxylic acids is 1. The Morgan fingerprint density at radius 3 is 3.06 bits per heavy atom. The fourth-order valence-corrected chi connectivity index (χ4v) is 2.42. The van der Waals surface area contributed by atoms with Crippen molar-refractivity contribution in [3.8, 4) is 0 Å². The number of nitrogens with zero attached hydrogens (tertiary/aromatic N) is 2. The first-order valence-corrected chi connectivity index (χ1v) is 6.66. The highest BCUT2D eigenvalue weighted by atomic mass is 16.2. The maximum absolute atomic E-state index is 11.8. The second-order valence-corrected chi connectivity index (χ2v) is 5.02. The molecule has 0 saturated carbocycles. The van der Waals surface area contributed by atoms with Crippen LogP contribution in [0.2, 0.25) is 0 Å². The highest BCUT2D eigenvalue weighted by Crippen LogP contribution is 2.07. The summed E-state index contributed by atoms with van der Waals surface area (Å²) in [4.78, 5) is 11.8. The van der Waals surface area contributed by atoms with Gasteiger partial charge in [-0.25, -0.2) is 0 Å². The molecule has 100 valence electrons. The molecule has 5 nitrogen and oxygen atoms in total. The molecule has 0 aromatic carbocycles. The molecule has 5 heteroatoms. The lowest BCUT2D eigenvalue weighted by Gasteiger charge is -2.11. The van der Waals surface area contributed by atoms with Gasteiger partial charge in [-0.05, 0) is 45.7 Å². The zero-order valence-corrected chi connectivity index (χ0v) is 11.2.